The van der Waals surface area contributed by atoms with E-state index >= 15 is 0 Å². The van der Waals surface area contributed by atoms with E-state index in [-0.39, 0.29) is 19.6 Å². The van der Waals surface area contributed by atoms with Gasteiger partial charge in [0.15, 0.2) is 6.61 Å². The monoisotopic (exact) mass is 317 g/mol. The Balaban J connectivity index is 1.58. The molecule has 0 aliphatic carbocycles. The largest absolute Gasteiger partial charge is 0.464 e. The molecule has 1 aromatic heterocycles. The minimum atomic E-state index is -0.706. The van der Waals surface area contributed by atoms with E-state index < -0.39 is 24.6 Å². The first-order valence-electron chi connectivity index (χ1n) is 7.14. The highest BCUT2D eigenvalue weighted by Gasteiger charge is 2.29. The number of amides is 2. The summed E-state index contributed by atoms with van der Waals surface area (Å²) in [5, 5.41) is 0.835. The molecule has 0 N–H and O–H groups in total. The van der Waals surface area contributed by atoms with Crippen molar-refractivity contribution in [2.45, 2.75) is 13.3 Å². The summed E-state index contributed by atoms with van der Waals surface area (Å²) < 4.78 is 15.0. The lowest BCUT2D eigenvalue weighted by Crippen LogP contribution is -2.35. The van der Waals surface area contributed by atoms with E-state index in [4.69, 9.17) is 9.15 Å². The minimum absolute atomic E-state index is 0.00616. The molecule has 2 amide bonds. The van der Waals surface area contributed by atoms with Crippen molar-refractivity contribution in [2.75, 3.05) is 19.8 Å². The van der Waals surface area contributed by atoms with Gasteiger partial charge in [0.05, 0.1) is 19.2 Å². The van der Waals surface area contributed by atoms with Gasteiger partial charge >= 0.3 is 12.1 Å². The standard InChI is InChI=1S/C16H15NO6/c1-10-2-3-12-11(8-22-13(12)6-10)7-15(19)23-9-14(18)17-4-5-21-16(17)20/h2-3,6,8H,4-5,7,9H2,1H3. The summed E-state index contributed by atoms with van der Waals surface area (Å²) in [6.45, 7) is 1.81. The van der Waals surface area contributed by atoms with Crippen LogP contribution < -0.4 is 0 Å². The summed E-state index contributed by atoms with van der Waals surface area (Å²) in [4.78, 5) is 35.8. The first-order chi connectivity index (χ1) is 11.0. The zero-order valence-electron chi connectivity index (χ0n) is 12.5. The Kier molecular flexibility index (Phi) is 4.01. The number of rotatable bonds is 4. The number of hydrogen-bond donors (Lipinski definition) is 0. The number of esters is 1. The van der Waals surface area contributed by atoms with Gasteiger partial charge in [0, 0.05) is 10.9 Å². The van der Waals surface area contributed by atoms with Crippen LogP contribution in [0.15, 0.2) is 28.9 Å². The van der Waals surface area contributed by atoms with E-state index in [9.17, 15) is 14.4 Å². The molecule has 2 heterocycles. The van der Waals surface area contributed by atoms with Crippen LogP contribution in [0, 0.1) is 6.92 Å². The Labute approximate surface area is 131 Å². The molecule has 23 heavy (non-hydrogen) atoms. The summed E-state index contributed by atoms with van der Waals surface area (Å²) in [5.74, 6) is -1.15. The third-order valence-corrected chi connectivity index (χ3v) is 3.56. The number of benzene rings is 1. The molecule has 3 rings (SSSR count). The molecule has 0 saturated carbocycles. The van der Waals surface area contributed by atoms with Gasteiger partial charge in [-0.15, -0.1) is 0 Å². The number of hydrogen-bond acceptors (Lipinski definition) is 6. The van der Waals surface area contributed by atoms with E-state index in [1.54, 1.807) is 0 Å². The first kappa shape index (κ1) is 15.1. The zero-order valence-corrected chi connectivity index (χ0v) is 12.5. The average molecular weight is 317 g/mol. The van der Waals surface area contributed by atoms with Crippen LogP contribution in [0.3, 0.4) is 0 Å². The van der Waals surface area contributed by atoms with E-state index in [0.29, 0.717) is 11.1 Å². The van der Waals surface area contributed by atoms with Crippen LogP contribution in [0.2, 0.25) is 0 Å². The summed E-state index contributed by atoms with van der Waals surface area (Å²) >= 11 is 0. The van der Waals surface area contributed by atoms with Crippen LogP contribution in [-0.2, 0) is 25.5 Å². The van der Waals surface area contributed by atoms with E-state index in [0.717, 1.165) is 15.8 Å². The topological polar surface area (TPSA) is 86.0 Å². The number of furan rings is 1. The fourth-order valence-electron chi connectivity index (χ4n) is 2.37. The lowest BCUT2D eigenvalue weighted by Gasteiger charge is -2.10. The van der Waals surface area contributed by atoms with Gasteiger partial charge in [-0.1, -0.05) is 12.1 Å². The lowest BCUT2D eigenvalue weighted by atomic mass is 10.1. The van der Waals surface area contributed by atoms with Gasteiger partial charge in [0.25, 0.3) is 5.91 Å². The molecule has 1 fully saturated rings. The van der Waals surface area contributed by atoms with Gasteiger partial charge in [-0.3, -0.25) is 9.59 Å². The summed E-state index contributed by atoms with van der Waals surface area (Å²) in [6.07, 6.45) is 0.793. The molecular weight excluding hydrogens is 302 g/mol. The Hall–Kier alpha value is -2.83. The van der Waals surface area contributed by atoms with E-state index in [1.165, 1.54) is 6.26 Å². The summed E-state index contributed by atoms with van der Waals surface area (Å²) in [7, 11) is 0. The van der Waals surface area contributed by atoms with Crippen molar-refractivity contribution >= 4 is 28.9 Å². The van der Waals surface area contributed by atoms with Crippen molar-refractivity contribution < 1.29 is 28.3 Å². The number of fused-ring (bicyclic) bond motifs is 1. The molecule has 1 saturated heterocycles. The Morgan fingerprint density at radius 1 is 1.35 bits per heavy atom. The highest BCUT2D eigenvalue weighted by molar-refractivity contribution is 5.94. The molecule has 0 atom stereocenters. The van der Waals surface area contributed by atoms with Crippen LogP contribution in [0.5, 0.6) is 0 Å². The van der Waals surface area contributed by atoms with Crippen molar-refractivity contribution in [1.29, 1.82) is 0 Å². The fourth-order valence-corrected chi connectivity index (χ4v) is 2.37. The molecular formula is C16H15NO6. The fraction of sp³-hybridized carbons (Fsp3) is 0.312. The SMILES string of the molecule is Cc1ccc2c(CC(=O)OCC(=O)N3CCOC3=O)coc2c1. The third kappa shape index (κ3) is 3.18. The van der Waals surface area contributed by atoms with Crippen molar-refractivity contribution in [3.63, 3.8) is 0 Å². The first-order valence-corrected chi connectivity index (χ1v) is 7.14. The normalized spacial score (nSPS) is 14.1. The van der Waals surface area contributed by atoms with Gasteiger partial charge in [-0.25, -0.2) is 9.69 Å². The summed E-state index contributed by atoms with van der Waals surface area (Å²) in [5.41, 5.74) is 2.45. The van der Waals surface area contributed by atoms with Gasteiger partial charge < -0.3 is 13.9 Å². The maximum Gasteiger partial charge on any atom is 0.416 e. The van der Waals surface area contributed by atoms with Gasteiger partial charge in [-0.2, -0.15) is 0 Å². The second kappa shape index (κ2) is 6.12. The van der Waals surface area contributed by atoms with E-state index in [1.807, 2.05) is 25.1 Å². The molecule has 0 radical (unpaired) electrons. The van der Waals surface area contributed by atoms with Crippen LogP contribution in [-0.4, -0.2) is 42.6 Å². The molecule has 7 heteroatoms. The van der Waals surface area contributed by atoms with Gasteiger partial charge in [0.1, 0.15) is 12.2 Å². The number of imide groups is 1. The van der Waals surface area contributed by atoms with Crippen LogP contribution >= 0.6 is 0 Å². The number of cyclic esters (lactones) is 1. The number of aryl methyl sites for hydroxylation is 1. The molecule has 1 aromatic carbocycles. The second-order valence-electron chi connectivity index (χ2n) is 5.26. The maximum atomic E-state index is 11.9. The smallest absolute Gasteiger partial charge is 0.416 e. The van der Waals surface area contributed by atoms with Crippen molar-refractivity contribution in [3.8, 4) is 0 Å². The highest BCUT2D eigenvalue weighted by atomic mass is 16.6. The number of carbonyl (C=O) groups is 3. The van der Waals surface area contributed by atoms with E-state index in [2.05, 4.69) is 4.74 Å². The van der Waals surface area contributed by atoms with Crippen molar-refractivity contribution in [3.05, 3.63) is 35.6 Å². The molecule has 0 spiro atoms. The van der Waals surface area contributed by atoms with Crippen LogP contribution in [0.1, 0.15) is 11.1 Å². The molecule has 0 unspecified atom stereocenters. The lowest BCUT2D eigenvalue weighted by molar-refractivity contribution is -0.150. The molecule has 1 aliphatic heterocycles. The number of nitrogens with zero attached hydrogens (tertiary/aromatic N) is 1. The van der Waals surface area contributed by atoms with Gasteiger partial charge in [-0.05, 0) is 18.6 Å². The second-order valence-corrected chi connectivity index (χ2v) is 5.26. The predicted octanol–water partition coefficient (Wildman–Crippen LogP) is 1.81. The van der Waals surface area contributed by atoms with Crippen LogP contribution in [0.25, 0.3) is 11.0 Å². The Morgan fingerprint density at radius 2 is 2.17 bits per heavy atom. The highest BCUT2D eigenvalue weighted by Crippen LogP contribution is 2.22. The molecule has 2 aromatic rings. The Bertz CT molecular complexity index is 778. The number of ether oxygens (including phenoxy) is 2. The van der Waals surface area contributed by atoms with Crippen molar-refractivity contribution in [1.82, 2.24) is 4.90 Å². The Morgan fingerprint density at radius 3 is 2.91 bits per heavy atom. The minimum Gasteiger partial charge on any atom is -0.464 e. The molecule has 120 valence electrons. The third-order valence-electron chi connectivity index (χ3n) is 3.56. The molecule has 0 bridgehead atoms. The molecule has 1 aliphatic rings. The zero-order chi connectivity index (χ0) is 16.4. The average Bonchev–Trinajstić information content (AvgIpc) is 3.11. The van der Waals surface area contributed by atoms with Crippen LogP contribution in [0.4, 0.5) is 4.79 Å². The predicted molar refractivity (Wildman–Crippen MR) is 78.7 cm³/mol. The summed E-state index contributed by atoms with van der Waals surface area (Å²) in [6, 6.07) is 5.68. The number of carbonyl (C=O) groups excluding carboxylic acids is 3. The van der Waals surface area contributed by atoms with Gasteiger partial charge in [0.2, 0.25) is 0 Å². The molecule has 7 nitrogen and oxygen atoms in total. The van der Waals surface area contributed by atoms with Crippen molar-refractivity contribution in [2.24, 2.45) is 0 Å². The maximum absolute atomic E-state index is 11.9. The quantitative estimate of drug-likeness (QED) is 0.799.